The highest BCUT2D eigenvalue weighted by molar-refractivity contribution is 5.99. The quantitative estimate of drug-likeness (QED) is 0.745. The summed E-state index contributed by atoms with van der Waals surface area (Å²) < 4.78 is 0. The molecule has 140 valence electrons. The third-order valence-electron chi connectivity index (χ3n) is 4.36. The summed E-state index contributed by atoms with van der Waals surface area (Å²) in [6.07, 6.45) is 4.63. The van der Waals surface area contributed by atoms with Crippen LogP contribution in [0.4, 0.5) is 10.5 Å². The first-order chi connectivity index (χ1) is 13.0. The van der Waals surface area contributed by atoms with Gasteiger partial charge in [-0.2, -0.15) is 0 Å². The monoisotopic (exact) mass is 368 g/mol. The van der Waals surface area contributed by atoms with Crippen molar-refractivity contribution in [3.05, 3.63) is 59.9 Å². The van der Waals surface area contributed by atoms with Gasteiger partial charge in [-0.25, -0.2) is 9.59 Å². The number of carboxylic acid groups (broad SMARTS) is 1. The van der Waals surface area contributed by atoms with Gasteiger partial charge in [-0.1, -0.05) is 12.1 Å². The maximum absolute atomic E-state index is 12.6. The summed E-state index contributed by atoms with van der Waals surface area (Å²) in [6, 6.07) is 8.79. The van der Waals surface area contributed by atoms with Crippen LogP contribution in [-0.2, 0) is 11.3 Å². The van der Waals surface area contributed by atoms with Gasteiger partial charge in [-0.05, 0) is 42.7 Å². The van der Waals surface area contributed by atoms with Crippen molar-refractivity contribution < 1.29 is 19.5 Å². The number of pyridine rings is 1. The summed E-state index contributed by atoms with van der Waals surface area (Å²) in [7, 11) is 0. The highest BCUT2D eigenvalue weighted by Crippen LogP contribution is 2.19. The second-order valence-electron chi connectivity index (χ2n) is 6.23. The van der Waals surface area contributed by atoms with E-state index in [9.17, 15) is 14.4 Å². The molecule has 1 fully saturated rings. The molecule has 8 heteroatoms. The van der Waals surface area contributed by atoms with E-state index < -0.39 is 18.0 Å². The molecule has 8 nitrogen and oxygen atoms in total. The molecule has 0 radical (unpaired) electrons. The van der Waals surface area contributed by atoms with Gasteiger partial charge in [0.15, 0.2) is 0 Å². The molecule has 0 saturated carbocycles. The number of urea groups is 1. The van der Waals surface area contributed by atoms with Crippen LogP contribution >= 0.6 is 0 Å². The Balaban J connectivity index is 1.54. The van der Waals surface area contributed by atoms with E-state index in [1.807, 2.05) is 6.07 Å². The van der Waals surface area contributed by atoms with Crippen LogP contribution in [0.5, 0.6) is 0 Å². The minimum Gasteiger partial charge on any atom is -0.478 e. The van der Waals surface area contributed by atoms with Crippen LogP contribution in [-0.4, -0.2) is 40.6 Å². The van der Waals surface area contributed by atoms with E-state index >= 15 is 0 Å². The number of carbonyl (C=O) groups excluding carboxylic acids is 2. The first kappa shape index (κ1) is 18.4. The molecule has 1 unspecified atom stereocenters. The number of nitrogens with zero attached hydrogens (tertiary/aromatic N) is 2. The highest BCUT2D eigenvalue weighted by Gasteiger charge is 2.30. The van der Waals surface area contributed by atoms with Crippen LogP contribution < -0.4 is 15.5 Å². The largest absolute Gasteiger partial charge is 0.478 e. The molecule has 1 aliphatic rings. The first-order valence-electron chi connectivity index (χ1n) is 8.62. The third-order valence-corrected chi connectivity index (χ3v) is 4.36. The standard InChI is InChI=1S/C19H20N4O4/c24-17-16(4-2-10-23(17)15-3-1-9-20-12-15)22-19(27)21-11-13-5-7-14(8-6-13)18(25)26/h1,3,5-9,12,16H,2,4,10-11H2,(H,25,26)(H2,21,22,27). The van der Waals surface area contributed by atoms with E-state index in [4.69, 9.17) is 5.11 Å². The average Bonchev–Trinajstić information content (AvgIpc) is 2.69. The lowest BCUT2D eigenvalue weighted by Gasteiger charge is -2.32. The van der Waals surface area contributed by atoms with Crippen molar-refractivity contribution in [3.63, 3.8) is 0 Å². The molecule has 0 aliphatic carbocycles. The number of anilines is 1. The fourth-order valence-electron chi connectivity index (χ4n) is 2.94. The number of carboxylic acids is 1. The van der Waals surface area contributed by atoms with Crippen molar-refractivity contribution >= 4 is 23.6 Å². The Kier molecular flexibility index (Phi) is 5.65. The number of amides is 3. The van der Waals surface area contributed by atoms with Gasteiger partial charge in [0.05, 0.1) is 17.4 Å². The second kappa shape index (κ2) is 8.31. The molecule has 1 aliphatic heterocycles. The summed E-state index contributed by atoms with van der Waals surface area (Å²) in [5, 5.41) is 14.3. The summed E-state index contributed by atoms with van der Waals surface area (Å²) in [5.41, 5.74) is 1.67. The number of carbonyl (C=O) groups is 3. The number of hydrogen-bond donors (Lipinski definition) is 3. The summed E-state index contributed by atoms with van der Waals surface area (Å²) in [5.74, 6) is -1.16. The smallest absolute Gasteiger partial charge is 0.335 e. The van der Waals surface area contributed by atoms with Crippen molar-refractivity contribution in [1.82, 2.24) is 15.6 Å². The van der Waals surface area contributed by atoms with Crippen LogP contribution in [0.3, 0.4) is 0 Å². The molecule has 3 amide bonds. The summed E-state index contributed by atoms with van der Waals surface area (Å²) >= 11 is 0. The predicted octanol–water partition coefficient (Wildman–Crippen LogP) is 1.77. The molecule has 3 N–H and O–H groups in total. The lowest BCUT2D eigenvalue weighted by molar-refractivity contribution is -0.121. The van der Waals surface area contributed by atoms with Gasteiger partial charge in [0.25, 0.3) is 0 Å². The molecule has 1 saturated heterocycles. The van der Waals surface area contributed by atoms with Crippen molar-refractivity contribution in [1.29, 1.82) is 0 Å². The zero-order valence-electron chi connectivity index (χ0n) is 14.6. The summed E-state index contributed by atoms with van der Waals surface area (Å²) in [6.45, 7) is 0.833. The Morgan fingerprint density at radius 2 is 2.00 bits per heavy atom. The number of piperidine rings is 1. The zero-order chi connectivity index (χ0) is 19.2. The number of hydrogen-bond acceptors (Lipinski definition) is 4. The predicted molar refractivity (Wildman–Crippen MR) is 98.4 cm³/mol. The van der Waals surface area contributed by atoms with Crippen LogP contribution in [0.2, 0.25) is 0 Å². The number of nitrogens with one attached hydrogen (secondary N) is 2. The van der Waals surface area contributed by atoms with Crippen LogP contribution in [0.25, 0.3) is 0 Å². The fraction of sp³-hybridized carbons (Fsp3) is 0.263. The molecule has 2 heterocycles. The van der Waals surface area contributed by atoms with Gasteiger partial charge in [0.1, 0.15) is 6.04 Å². The molecule has 0 bridgehead atoms. The van der Waals surface area contributed by atoms with Crippen molar-refractivity contribution in [3.8, 4) is 0 Å². The Morgan fingerprint density at radius 3 is 2.67 bits per heavy atom. The van der Waals surface area contributed by atoms with Gasteiger partial charge in [-0.3, -0.25) is 9.78 Å². The number of aromatic nitrogens is 1. The highest BCUT2D eigenvalue weighted by atomic mass is 16.4. The van der Waals surface area contributed by atoms with E-state index in [0.717, 1.165) is 12.0 Å². The van der Waals surface area contributed by atoms with Crippen LogP contribution in [0, 0.1) is 0 Å². The minimum absolute atomic E-state index is 0.157. The topological polar surface area (TPSA) is 112 Å². The second-order valence-corrected chi connectivity index (χ2v) is 6.23. The van der Waals surface area contributed by atoms with Gasteiger partial charge >= 0.3 is 12.0 Å². The Hall–Kier alpha value is -3.42. The van der Waals surface area contributed by atoms with Crippen LogP contribution in [0.1, 0.15) is 28.8 Å². The molecule has 0 spiro atoms. The number of benzene rings is 1. The molecule has 1 aromatic heterocycles. The van der Waals surface area contributed by atoms with Gasteiger partial charge in [0, 0.05) is 19.3 Å². The van der Waals surface area contributed by atoms with E-state index in [0.29, 0.717) is 18.7 Å². The first-order valence-corrected chi connectivity index (χ1v) is 8.62. The van der Waals surface area contributed by atoms with Crippen molar-refractivity contribution in [2.75, 3.05) is 11.4 Å². The van der Waals surface area contributed by atoms with E-state index in [1.165, 1.54) is 12.1 Å². The lowest BCUT2D eigenvalue weighted by atomic mass is 10.0. The van der Waals surface area contributed by atoms with Crippen molar-refractivity contribution in [2.45, 2.75) is 25.4 Å². The van der Waals surface area contributed by atoms with E-state index in [-0.39, 0.29) is 18.0 Å². The van der Waals surface area contributed by atoms with Gasteiger partial charge in [-0.15, -0.1) is 0 Å². The van der Waals surface area contributed by atoms with Crippen molar-refractivity contribution in [2.24, 2.45) is 0 Å². The Labute approximate surface area is 156 Å². The fourth-order valence-corrected chi connectivity index (χ4v) is 2.94. The van der Waals surface area contributed by atoms with Crippen LogP contribution in [0.15, 0.2) is 48.8 Å². The summed E-state index contributed by atoms with van der Waals surface area (Å²) in [4.78, 5) is 41.3. The lowest BCUT2D eigenvalue weighted by Crippen LogP contribution is -2.54. The molecule has 2 aromatic rings. The average molecular weight is 368 g/mol. The van der Waals surface area contributed by atoms with Gasteiger partial charge < -0.3 is 20.6 Å². The molecule has 27 heavy (non-hydrogen) atoms. The number of rotatable bonds is 5. The Morgan fingerprint density at radius 1 is 1.22 bits per heavy atom. The molecule has 1 aromatic carbocycles. The molecule has 1 atom stereocenters. The van der Waals surface area contributed by atoms with Gasteiger partial charge in [0.2, 0.25) is 5.91 Å². The minimum atomic E-state index is -0.999. The SMILES string of the molecule is O=C(NCc1ccc(C(=O)O)cc1)NC1CCCN(c2cccnc2)C1=O. The molecule has 3 rings (SSSR count). The zero-order valence-corrected chi connectivity index (χ0v) is 14.6. The molecular formula is C19H20N4O4. The normalized spacial score (nSPS) is 16.7. The third kappa shape index (κ3) is 4.60. The molecular weight excluding hydrogens is 348 g/mol. The maximum atomic E-state index is 12.6. The maximum Gasteiger partial charge on any atom is 0.335 e. The Bertz CT molecular complexity index is 823. The van der Waals surface area contributed by atoms with E-state index in [2.05, 4.69) is 15.6 Å². The number of aromatic carboxylic acids is 1. The van der Waals surface area contributed by atoms with E-state index in [1.54, 1.807) is 35.5 Å².